The quantitative estimate of drug-likeness (QED) is 0.925. The first-order valence-corrected chi connectivity index (χ1v) is 7.73. The van der Waals surface area contributed by atoms with E-state index < -0.39 is 0 Å². The first-order chi connectivity index (χ1) is 9.95. The fraction of sp³-hybridized carbons (Fsp3) is 0.588. The maximum Gasteiger partial charge on any atom is 0.219 e. The van der Waals surface area contributed by atoms with Gasteiger partial charge in [0.05, 0.1) is 0 Å². The van der Waals surface area contributed by atoms with Gasteiger partial charge in [0, 0.05) is 44.8 Å². The van der Waals surface area contributed by atoms with Crippen molar-refractivity contribution >= 4 is 11.6 Å². The summed E-state index contributed by atoms with van der Waals surface area (Å²) < 4.78 is 0. The van der Waals surface area contributed by atoms with Crippen LogP contribution in [0.4, 0.5) is 5.69 Å². The van der Waals surface area contributed by atoms with E-state index in [0.717, 1.165) is 12.2 Å². The topological polar surface area (TPSA) is 35.6 Å². The van der Waals surface area contributed by atoms with E-state index >= 15 is 0 Å². The van der Waals surface area contributed by atoms with Crippen LogP contribution >= 0.6 is 0 Å². The molecule has 0 aromatic heterocycles. The van der Waals surface area contributed by atoms with Crippen LogP contribution in [0.3, 0.4) is 0 Å². The van der Waals surface area contributed by atoms with Crippen LogP contribution in [0.25, 0.3) is 0 Å². The van der Waals surface area contributed by atoms with Crippen LogP contribution in [-0.4, -0.2) is 48.4 Å². The largest absolute Gasteiger partial charge is 0.382 e. The van der Waals surface area contributed by atoms with Crippen LogP contribution in [0.15, 0.2) is 24.3 Å². The van der Waals surface area contributed by atoms with Crippen LogP contribution in [0.5, 0.6) is 0 Å². The van der Waals surface area contributed by atoms with Gasteiger partial charge in [0.2, 0.25) is 5.91 Å². The summed E-state index contributed by atoms with van der Waals surface area (Å²) in [4.78, 5) is 15.5. The van der Waals surface area contributed by atoms with Gasteiger partial charge in [0.1, 0.15) is 0 Å². The molecule has 1 amide bonds. The molecule has 1 N–H and O–H groups in total. The molecule has 0 spiro atoms. The number of benzene rings is 1. The van der Waals surface area contributed by atoms with Gasteiger partial charge in [-0.3, -0.25) is 4.79 Å². The normalized spacial score (nSPS) is 22.9. The number of hydrogen-bond acceptors (Lipinski definition) is 3. The number of likely N-dealkylation sites (tertiary alicyclic amines) is 1. The predicted octanol–water partition coefficient (Wildman–Crippen LogP) is 2.56. The fourth-order valence-electron chi connectivity index (χ4n) is 2.80. The number of piperidine rings is 1. The summed E-state index contributed by atoms with van der Waals surface area (Å²) in [5, 5.41) is 3.64. The highest BCUT2D eigenvalue weighted by molar-refractivity contribution is 5.72. The molecule has 2 atom stereocenters. The number of hydrogen-bond donors (Lipinski definition) is 1. The average molecular weight is 289 g/mol. The summed E-state index contributed by atoms with van der Waals surface area (Å²) >= 11 is 0. The first kappa shape index (κ1) is 15.8. The highest BCUT2D eigenvalue weighted by atomic mass is 16.2. The molecule has 1 aromatic rings. The molecule has 4 heteroatoms. The SMILES string of the molecule is CC(=O)N(C)Cc1cccc(NC2CCN(C)C(C)C2)c1. The number of rotatable bonds is 4. The van der Waals surface area contributed by atoms with E-state index in [9.17, 15) is 4.79 Å². The maximum absolute atomic E-state index is 11.3. The third kappa shape index (κ3) is 4.46. The van der Waals surface area contributed by atoms with E-state index in [4.69, 9.17) is 0 Å². The second kappa shape index (κ2) is 6.94. The predicted molar refractivity (Wildman–Crippen MR) is 87.3 cm³/mol. The zero-order valence-electron chi connectivity index (χ0n) is 13.6. The highest BCUT2D eigenvalue weighted by Crippen LogP contribution is 2.21. The maximum atomic E-state index is 11.3. The van der Waals surface area contributed by atoms with E-state index in [0.29, 0.717) is 18.6 Å². The molecule has 0 bridgehead atoms. The third-order valence-electron chi connectivity index (χ3n) is 4.46. The Morgan fingerprint density at radius 2 is 2.24 bits per heavy atom. The molecule has 2 rings (SSSR count). The van der Waals surface area contributed by atoms with E-state index in [1.165, 1.54) is 18.4 Å². The fourth-order valence-corrected chi connectivity index (χ4v) is 2.80. The van der Waals surface area contributed by atoms with Gasteiger partial charge in [-0.15, -0.1) is 0 Å². The smallest absolute Gasteiger partial charge is 0.219 e. The number of carbonyl (C=O) groups is 1. The van der Waals surface area contributed by atoms with Gasteiger partial charge in [-0.05, 0) is 44.5 Å². The van der Waals surface area contributed by atoms with Crippen molar-refractivity contribution in [3.05, 3.63) is 29.8 Å². The zero-order chi connectivity index (χ0) is 15.4. The van der Waals surface area contributed by atoms with Gasteiger partial charge >= 0.3 is 0 Å². The van der Waals surface area contributed by atoms with Gasteiger partial charge in [-0.2, -0.15) is 0 Å². The van der Waals surface area contributed by atoms with Gasteiger partial charge in [-0.1, -0.05) is 12.1 Å². The van der Waals surface area contributed by atoms with Crippen LogP contribution in [-0.2, 0) is 11.3 Å². The number of nitrogens with one attached hydrogen (secondary N) is 1. The Bertz CT molecular complexity index is 489. The first-order valence-electron chi connectivity index (χ1n) is 7.73. The minimum absolute atomic E-state index is 0.0949. The Morgan fingerprint density at radius 3 is 2.90 bits per heavy atom. The molecule has 116 valence electrons. The second-order valence-electron chi connectivity index (χ2n) is 6.27. The van der Waals surface area contributed by atoms with Crippen LogP contribution in [0.1, 0.15) is 32.3 Å². The summed E-state index contributed by atoms with van der Waals surface area (Å²) in [5.74, 6) is 0.0949. The lowest BCUT2D eigenvalue weighted by molar-refractivity contribution is -0.128. The molecule has 21 heavy (non-hydrogen) atoms. The molecule has 1 aliphatic heterocycles. The van der Waals surface area contributed by atoms with E-state index in [1.54, 1.807) is 11.8 Å². The molecular formula is C17H27N3O. The molecule has 1 fully saturated rings. The summed E-state index contributed by atoms with van der Waals surface area (Å²) in [6.45, 7) is 5.69. The molecule has 1 aliphatic rings. The molecule has 1 aromatic carbocycles. The van der Waals surface area contributed by atoms with Crippen molar-refractivity contribution in [3.8, 4) is 0 Å². The van der Waals surface area contributed by atoms with Crippen LogP contribution < -0.4 is 5.32 Å². The van der Waals surface area contributed by atoms with Crippen molar-refractivity contribution in [1.29, 1.82) is 0 Å². The van der Waals surface area contributed by atoms with Crippen LogP contribution in [0.2, 0.25) is 0 Å². The van der Waals surface area contributed by atoms with Crippen molar-refractivity contribution < 1.29 is 4.79 Å². The van der Waals surface area contributed by atoms with Crippen molar-refractivity contribution in [2.75, 3.05) is 26.0 Å². The number of carbonyl (C=O) groups excluding carboxylic acids is 1. The Balaban J connectivity index is 1.96. The van der Waals surface area contributed by atoms with Crippen molar-refractivity contribution in [1.82, 2.24) is 9.80 Å². The summed E-state index contributed by atoms with van der Waals surface area (Å²) in [6, 6.07) is 9.56. The number of nitrogens with zero attached hydrogens (tertiary/aromatic N) is 2. The molecule has 4 nitrogen and oxygen atoms in total. The average Bonchev–Trinajstić information content (AvgIpc) is 2.43. The summed E-state index contributed by atoms with van der Waals surface area (Å²) in [7, 11) is 4.03. The van der Waals surface area contributed by atoms with Crippen molar-refractivity contribution in [2.45, 2.75) is 45.3 Å². The lowest BCUT2D eigenvalue weighted by Gasteiger charge is -2.35. The van der Waals surface area contributed by atoms with Gasteiger partial charge in [0.15, 0.2) is 0 Å². The van der Waals surface area contributed by atoms with Gasteiger partial charge in [-0.25, -0.2) is 0 Å². The molecule has 1 saturated heterocycles. The highest BCUT2D eigenvalue weighted by Gasteiger charge is 2.22. The Morgan fingerprint density at radius 1 is 1.48 bits per heavy atom. The van der Waals surface area contributed by atoms with E-state index in [1.807, 2.05) is 7.05 Å². The summed E-state index contributed by atoms with van der Waals surface area (Å²) in [5.41, 5.74) is 2.32. The molecule has 2 unspecified atom stereocenters. The lowest BCUT2D eigenvalue weighted by Crippen LogP contribution is -2.42. The molecular weight excluding hydrogens is 262 g/mol. The molecule has 1 heterocycles. The minimum Gasteiger partial charge on any atom is -0.382 e. The van der Waals surface area contributed by atoms with E-state index in [2.05, 4.69) is 48.5 Å². The minimum atomic E-state index is 0.0949. The monoisotopic (exact) mass is 289 g/mol. The molecule has 0 aliphatic carbocycles. The molecule has 0 radical (unpaired) electrons. The number of anilines is 1. The van der Waals surface area contributed by atoms with Gasteiger partial charge in [0.25, 0.3) is 0 Å². The van der Waals surface area contributed by atoms with Crippen molar-refractivity contribution in [2.24, 2.45) is 0 Å². The Labute approximate surface area is 128 Å². The van der Waals surface area contributed by atoms with Crippen LogP contribution in [0, 0.1) is 0 Å². The van der Waals surface area contributed by atoms with Crippen molar-refractivity contribution in [3.63, 3.8) is 0 Å². The number of amides is 1. The van der Waals surface area contributed by atoms with Gasteiger partial charge < -0.3 is 15.1 Å². The van der Waals surface area contributed by atoms with E-state index in [-0.39, 0.29) is 5.91 Å². The summed E-state index contributed by atoms with van der Waals surface area (Å²) in [6.07, 6.45) is 2.35. The Kier molecular flexibility index (Phi) is 5.23. The second-order valence-corrected chi connectivity index (χ2v) is 6.27. The zero-order valence-corrected chi connectivity index (χ0v) is 13.6. The lowest BCUT2D eigenvalue weighted by atomic mass is 9.98. The molecule has 0 saturated carbocycles. The third-order valence-corrected chi connectivity index (χ3v) is 4.46. The standard InChI is InChI=1S/C17H27N3O/c1-13-10-17(8-9-19(13)3)18-16-7-5-6-15(11-16)12-20(4)14(2)21/h5-7,11,13,17-18H,8-10,12H2,1-4H3. The Hall–Kier alpha value is -1.55.